The third-order valence-electron chi connectivity index (χ3n) is 4.69. The monoisotopic (exact) mass is 438 g/mol. The number of nitrogens with zero attached hydrogens (tertiary/aromatic N) is 1. The lowest BCUT2D eigenvalue weighted by Crippen LogP contribution is -2.26. The summed E-state index contributed by atoms with van der Waals surface area (Å²) >= 11 is 5.77. The fraction of sp³-hybridized carbons (Fsp3) is 0.0909. The highest BCUT2D eigenvalue weighted by molar-refractivity contribution is 6.32. The normalized spacial score (nSPS) is 12.2. The van der Waals surface area contributed by atoms with Gasteiger partial charge in [0.05, 0.1) is 4.92 Å². The molecule has 1 amide bonds. The van der Waals surface area contributed by atoms with E-state index >= 15 is 0 Å². The molecular weight excluding hydrogens is 424 g/mol. The van der Waals surface area contributed by atoms with Crippen molar-refractivity contribution in [3.63, 3.8) is 0 Å². The molecule has 1 N–H and O–H groups in total. The molecule has 1 aliphatic rings. The van der Waals surface area contributed by atoms with Crippen LogP contribution < -0.4 is 10.1 Å². The first-order valence-corrected chi connectivity index (χ1v) is 9.58. The summed E-state index contributed by atoms with van der Waals surface area (Å²) in [6.07, 6.45) is 0. The third kappa shape index (κ3) is 4.19. The maximum Gasteiger partial charge on any atom is 0.318 e. The number of nitro benzene ring substituents is 1. The van der Waals surface area contributed by atoms with Crippen LogP contribution >= 0.6 is 11.6 Å². The average molecular weight is 439 g/mol. The maximum atomic E-state index is 12.9. The Morgan fingerprint density at radius 3 is 2.26 bits per heavy atom. The Kier molecular flexibility index (Phi) is 5.55. The number of amides is 1. The summed E-state index contributed by atoms with van der Waals surface area (Å²) in [5.74, 6) is -0.910. The molecule has 0 aliphatic carbocycles. The van der Waals surface area contributed by atoms with Gasteiger partial charge < -0.3 is 14.8 Å². The lowest BCUT2D eigenvalue weighted by molar-refractivity contribution is -0.384. The van der Waals surface area contributed by atoms with Crippen LogP contribution in [0, 0.1) is 10.1 Å². The van der Waals surface area contributed by atoms with Crippen LogP contribution in [0.3, 0.4) is 0 Å². The Labute approximate surface area is 181 Å². The van der Waals surface area contributed by atoms with Crippen molar-refractivity contribution >= 4 is 34.9 Å². The lowest BCUT2D eigenvalue weighted by atomic mass is 9.88. The molecular formula is C22H15ClN2O6. The number of halogens is 1. The number of esters is 1. The molecule has 31 heavy (non-hydrogen) atoms. The maximum absolute atomic E-state index is 12.9. The van der Waals surface area contributed by atoms with Gasteiger partial charge in [-0.05, 0) is 24.3 Å². The highest BCUT2D eigenvalue weighted by Gasteiger charge is 2.33. The molecule has 0 bridgehead atoms. The molecule has 0 aromatic heterocycles. The number of carbonyl (C=O) groups is 2. The highest BCUT2D eigenvalue weighted by atomic mass is 35.5. The zero-order valence-corrected chi connectivity index (χ0v) is 16.7. The van der Waals surface area contributed by atoms with Crippen LogP contribution in [0.4, 0.5) is 11.4 Å². The summed E-state index contributed by atoms with van der Waals surface area (Å²) in [7, 11) is 0. The van der Waals surface area contributed by atoms with Crippen molar-refractivity contribution in [2.24, 2.45) is 0 Å². The molecule has 0 spiro atoms. The van der Waals surface area contributed by atoms with Crippen LogP contribution in [0.5, 0.6) is 11.5 Å². The Morgan fingerprint density at radius 1 is 1.03 bits per heavy atom. The standard InChI is InChI=1S/C22H15ClN2O6/c23-16-10-9-13(11-17(16)25(28)29)24-20(26)12-30-22(27)21-14-5-1-3-7-18(14)31-19-8-4-2-6-15(19)21/h1-11,21H,12H2,(H,24,26). The Hall–Kier alpha value is -3.91. The first kappa shape index (κ1) is 20.4. The number of benzene rings is 3. The van der Waals surface area contributed by atoms with Crippen molar-refractivity contribution in [3.8, 4) is 11.5 Å². The van der Waals surface area contributed by atoms with Crippen molar-refractivity contribution in [2.75, 3.05) is 11.9 Å². The topological polar surface area (TPSA) is 108 Å². The average Bonchev–Trinajstić information content (AvgIpc) is 2.77. The van der Waals surface area contributed by atoms with Gasteiger partial charge in [0.15, 0.2) is 6.61 Å². The number of nitrogens with one attached hydrogen (secondary N) is 1. The number of rotatable bonds is 5. The third-order valence-corrected chi connectivity index (χ3v) is 5.01. The fourth-order valence-corrected chi connectivity index (χ4v) is 3.50. The fourth-order valence-electron chi connectivity index (χ4n) is 3.31. The van der Waals surface area contributed by atoms with E-state index in [1.165, 1.54) is 12.1 Å². The van der Waals surface area contributed by atoms with E-state index in [2.05, 4.69) is 5.32 Å². The van der Waals surface area contributed by atoms with E-state index in [0.29, 0.717) is 22.6 Å². The number of anilines is 1. The minimum atomic E-state index is -0.745. The van der Waals surface area contributed by atoms with Crippen molar-refractivity contribution < 1.29 is 24.0 Å². The van der Waals surface area contributed by atoms with Gasteiger partial charge in [0.2, 0.25) is 0 Å². The van der Waals surface area contributed by atoms with Gasteiger partial charge in [-0.3, -0.25) is 19.7 Å². The Balaban J connectivity index is 1.48. The van der Waals surface area contributed by atoms with Gasteiger partial charge in [-0.25, -0.2) is 0 Å². The zero-order chi connectivity index (χ0) is 22.0. The van der Waals surface area contributed by atoms with E-state index in [0.717, 1.165) is 6.07 Å². The lowest BCUT2D eigenvalue weighted by Gasteiger charge is -2.26. The predicted octanol–water partition coefficient (Wildman–Crippen LogP) is 4.67. The number of para-hydroxylation sites is 2. The van der Waals surface area contributed by atoms with Gasteiger partial charge in [-0.15, -0.1) is 0 Å². The zero-order valence-electron chi connectivity index (χ0n) is 15.9. The van der Waals surface area contributed by atoms with Crippen molar-refractivity contribution in [1.29, 1.82) is 0 Å². The second kappa shape index (κ2) is 8.45. The number of carbonyl (C=O) groups excluding carboxylic acids is 2. The molecule has 0 atom stereocenters. The molecule has 0 unspecified atom stereocenters. The van der Waals surface area contributed by atoms with E-state index in [4.69, 9.17) is 21.1 Å². The molecule has 3 aromatic rings. The smallest absolute Gasteiger partial charge is 0.318 e. The van der Waals surface area contributed by atoms with Crippen molar-refractivity contribution in [3.05, 3.63) is 93.0 Å². The van der Waals surface area contributed by atoms with Gasteiger partial charge >= 0.3 is 5.97 Å². The quantitative estimate of drug-likeness (QED) is 0.352. The molecule has 8 nitrogen and oxygen atoms in total. The highest BCUT2D eigenvalue weighted by Crippen LogP contribution is 2.44. The minimum absolute atomic E-state index is 0.0497. The molecule has 9 heteroatoms. The van der Waals surface area contributed by atoms with E-state index in [-0.39, 0.29) is 16.4 Å². The Bertz CT molecular complexity index is 1150. The molecule has 0 fully saturated rings. The largest absolute Gasteiger partial charge is 0.457 e. The molecule has 0 saturated heterocycles. The van der Waals surface area contributed by atoms with Crippen LogP contribution in [-0.2, 0) is 14.3 Å². The van der Waals surface area contributed by atoms with Crippen molar-refractivity contribution in [2.45, 2.75) is 5.92 Å². The number of hydrogen-bond acceptors (Lipinski definition) is 6. The minimum Gasteiger partial charge on any atom is -0.457 e. The number of fused-ring (bicyclic) bond motifs is 2. The van der Waals surface area contributed by atoms with E-state index in [1.54, 1.807) is 48.5 Å². The summed E-state index contributed by atoms with van der Waals surface area (Å²) in [6, 6.07) is 18.1. The van der Waals surface area contributed by atoms with E-state index in [9.17, 15) is 19.7 Å². The second-order valence-corrected chi connectivity index (χ2v) is 7.10. The number of nitro groups is 1. The number of hydrogen-bond donors (Lipinski definition) is 1. The van der Waals surface area contributed by atoms with Crippen LogP contribution in [0.1, 0.15) is 17.0 Å². The first-order chi connectivity index (χ1) is 14.9. The first-order valence-electron chi connectivity index (χ1n) is 9.20. The molecule has 1 aliphatic heterocycles. The Morgan fingerprint density at radius 2 is 1.65 bits per heavy atom. The molecule has 1 heterocycles. The molecule has 0 saturated carbocycles. The van der Waals surface area contributed by atoms with Gasteiger partial charge in [-0.1, -0.05) is 48.0 Å². The summed E-state index contributed by atoms with van der Waals surface area (Å²) < 4.78 is 11.1. The van der Waals surface area contributed by atoms with Gasteiger partial charge in [-0.2, -0.15) is 0 Å². The van der Waals surface area contributed by atoms with Gasteiger partial charge in [0.1, 0.15) is 22.4 Å². The molecule has 4 rings (SSSR count). The summed E-state index contributed by atoms with van der Waals surface area (Å²) in [5.41, 5.74) is 1.10. The van der Waals surface area contributed by atoms with Gasteiger partial charge in [0, 0.05) is 22.9 Å². The van der Waals surface area contributed by atoms with Crippen LogP contribution in [0.2, 0.25) is 5.02 Å². The molecule has 3 aromatic carbocycles. The second-order valence-electron chi connectivity index (χ2n) is 6.69. The van der Waals surface area contributed by atoms with E-state index in [1.807, 2.05) is 0 Å². The number of ether oxygens (including phenoxy) is 2. The summed E-state index contributed by atoms with van der Waals surface area (Å²) in [4.78, 5) is 35.5. The molecule has 156 valence electrons. The predicted molar refractivity (Wildman–Crippen MR) is 112 cm³/mol. The van der Waals surface area contributed by atoms with Gasteiger partial charge in [0.25, 0.3) is 11.6 Å². The van der Waals surface area contributed by atoms with Crippen LogP contribution in [0.15, 0.2) is 66.7 Å². The molecule has 0 radical (unpaired) electrons. The van der Waals surface area contributed by atoms with Crippen molar-refractivity contribution in [1.82, 2.24) is 0 Å². The SMILES string of the molecule is O=C(COC(=O)C1c2ccccc2Oc2ccccc21)Nc1ccc(Cl)c([N+](=O)[O-])c1. The summed E-state index contributed by atoms with van der Waals surface area (Å²) in [6.45, 7) is -0.559. The van der Waals surface area contributed by atoms with E-state index < -0.39 is 29.3 Å². The van der Waals surface area contributed by atoms with Crippen LogP contribution in [-0.4, -0.2) is 23.4 Å². The van der Waals surface area contributed by atoms with Crippen LogP contribution in [0.25, 0.3) is 0 Å². The summed E-state index contributed by atoms with van der Waals surface area (Å²) in [5, 5.41) is 13.4.